The molecule has 1 atom stereocenters. The molecule has 0 bridgehead atoms. The van der Waals surface area contributed by atoms with Crippen molar-refractivity contribution in [3.63, 3.8) is 0 Å². The summed E-state index contributed by atoms with van der Waals surface area (Å²) in [6.07, 6.45) is 0. The highest BCUT2D eigenvalue weighted by Gasteiger charge is 2.05. The molecule has 0 aliphatic heterocycles. The van der Waals surface area contributed by atoms with Crippen LogP contribution in [-0.2, 0) is 4.74 Å². The molecule has 0 rings (SSSR count). The summed E-state index contributed by atoms with van der Waals surface area (Å²) in [5, 5.41) is 3.26. The van der Waals surface area contributed by atoms with E-state index in [9.17, 15) is 0 Å². The molecule has 1 N–H and O–H groups in total. The average Bonchev–Trinajstić information content (AvgIpc) is 2.10. The molecule has 0 aromatic carbocycles. The predicted molar refractivity (Wildman–Crippen MR) is 61.5 cm³/mol. The molecular weight excluding hydrogens is 182 g/mol. The number of hydrogen-bond donors (Lipinski definition) is 1. The van der Waals surface area contributed by atoms with Gasteiger partial charge < -0.3 is 10.1 Å². The van der Waals surface area contributed by atoms with E-state index in [0.29, 0.717) is 6.04 Å². The molecule has 1 unspecified atom stereocenters. The van der Waals surface area contributed by atoms with Crippen molar-refractivity contribution in [3.8, 4) is 0 Å². The van der Waals surface area contributed by atoms with Gasteiger partial charge >= 0.3 is 0 Å². The lowest BCUT2D eigenvalue weighted by Gasteiger charge is -2.15. The third-order valence-corrected chi connectivity index (χ3v) is 3.24. The van der Waals surface area contributed by atoms with Gasteiger partial charge in [0.25, 0.3) is 0 Å². The van der Waals surface area contributed by atoms with Gasteiger partial charge in [0.1, 0.15) is 0 Å². The second-order valence-electron chi connectivity index (χ2n) is 3.58. The highest BCUT2D eigenvalue weighted by molar-refractivity contribution is 7.99. The summed E-state index contributed by atoms with van der Waals surface area (Å²) in [5.41, 5.74) is 0. The molecule has 0 aliphatic carbocycles. The standard InChI is InChI=1S/C10H23NOS/c1-5-12-6-10(11-4)8-13-7-9(2)3/h9-11H,5-8H2,1-4H3. The normalized spacial score (nSPS) is 13.6. The van der Waals surface area contributed by atoms with Gasteiger partial charge in [-0.15, -0.1) is 0 Å². The topological polar surface area (TPSA) is 21.3 Å². The third kappa shape index (κ3) is 8.60. The van der Waals surface area contributed by atoms with E-state index in [2.05, 4.69) is 19.2 Å². The second kappa shape index (κ2) is 8.85. The molecule has 0 fully saturated rings. The maximum Gasteiger partial charge on any atom is 0.0627 e. The minimum atomic E-state index is 0.503. The van der Waals surface area contributed by atoms with Crippen LogP contribution in [0.5, 0.6) is 0 Å². The second-order valence-corrected chi connectivity index (χ2v) is 4.65. The van der Waals surface area contributed by atoms with Crippen molar-refractivity contribution in [2.75, 3.05) is 31.8 Å². The first-order valence-corrected chi connectivity index (χ1v) is 6.18. The molecule has 13 heavy (non-hydrogen) atoms. The zero-order valence-electron chi connectivity index (χ0n) is 9.30. The summed E-state index contributed by atoms with van der Waals surface area (Å²) in [4.78, 5) is 0. The molecule has 0 heterocycles. The fraction of sp³-hybridized carbons (Fsp3) is 1.00. The van der Waals surface area contributed by atoms with E-state index in [1.54, 1.807) is 0 Å². The van der Waals surface area contributed by atoms with Crippen LogP contribution in [0.2, 0.25) is 0 Å². The van der Waals surface area contributed by atoms with Gasteiger partial charge in [-0.05, 0) is 25.6 Å². The summed E-state index contributed by atoms with van der Waals surface area (Å²) in [6.45, 7) is 8.19. The Morgan fingerprint density at radius 3 is 2.46 bits per heavy atom. The molecule has 0 aliphatic rings. The molecular formula is C10H23NOS. The Morgan fingerprint density at radius 2 is 2.00 bits per heavy atom. The quantitative estimate of drug-likeness (QED) is 0.655. The van der Waals surface area contributed by atoms with Crippen LogP contribution in [0, 0.1) is 5.92 Å². The zero-order chi connectivity index (χ0) is 10.1. The molecule has 0 radical (unpaired) electrons. The fourth-order valence-electron chi connectivity index (χ4n) is 0.921. The van der Waals surface area contributed by atoms with Crippen LogP contribution in [0.1, 0.15) is 20.8 Å². The molecule has 80 valence electrons. The van der Waals surface area contributed by atoms with E-state index < -0.39 is 0 Å². The Hall–Kier alpha value is 0.270. The van der Waals surface area contributed by atoms with Gasteiger partial charge in [0.05, 0.1) is 6.61 Å². The highest BCUT2D eigenvalue weighted by atomic mass is 32.2. The van der Waals surface area contributed by atoms with Crippen LogP contribution in [0.3, 0.4) is 0 Å². The van der Waals surface area contributed by atoms with E-state index in [4.69, 9.17) is 4.74 Å². The Labute approximate surface area is 86.8 Å². The third-order valence-electron chi connectivity index (χ3n) is 1.70. The molecule has 0 saturated heterocycles. The largest absolute Gasteiger partial charge is 0.380 e. The van der Waals surface area contributed by atoms with Crippen LogP contribution in [0.15, 0.2) is 0 Å². The average molecular weight is 205 g/mol. The van der Waals surface area contributed by atoms with Crippen LogP contribution >= 0.6 is 11.8 Å². The maximum atomic E-state index is 5.37. The Balaban J connectivity index is 3.36. The van der Waals surface area contributed by atoms with Gasteiger partial charge in [0.15, 0.2) is 0 Å². The minimum Gasteiger partial charge on any atom is -0.380 e. The summed E-state index contributed by atoms with van der Waals surface area (Å²) in [5.74, 6) is 3.17. The molecule has 0 aromatic rings. The number of hydrogen-bond acceptors (Lipinski definition) is 3. The highest BCUT2D eigenvalue weighted by Crippen LogP contribution is 2.08. The summed E-state index contributed by atoms with van der Waals surface area (Å²) < 4.78 is 5.37. The Morgan fingerprint density at radius 1 is 1.31 bits per heavy atom. The van der Waals surface area contributed by atoms with Crippen molar-refractivity contribution in [3.05, 3.63) is 0 Å². The van der Waals surface area contributed by atoms with Gasteiger partial charge in [-0.25, -0.2) is 0 Å². The molecule has 0 amide bonds. The number of likely N-dealkylation sites (N-methyl/N-ethyl adjacent to an activating group) is 1. The number of ether oxygens (including phenoxy) is 1. The minimum absolute atomic E-state index is 0.503. The van der Waals surface area contributed by atoms with Gasteiger partial charge in [-0.2, -0.15) is 11.8 Å². The predicted octanol–water partition coefficient (Wildman–Crippen LogP) is 2.00. The van der Waals surface area contributed by atoms with Gasteiger partial charge in [0, 0.05) is 18.4 Å². The lowest BCUT2D eigenvalue weighted by molar-refractivity contribution is 0.131. The van der Waals surface area contributed by atoms with Crippen molar-refractivity contribution in [1.82, 2.24) is 5.32 Å². The van der Waals surface area contributed by atoms with E-state index in [1.165, 1.54) is 5.75 Å². The fourth-order valence-corrected chi connectivity index (χ4v) is 2.08. The first kappa shape index (κ1) is 13.3. The number of rotatable bonds is 8. The van der Waals surface area contributed by atoms with Gasteiger partial charge in [-0.1, -0.05) is 13.8 Å². The first-order valence-electron chi connectivity index (χ1n) is 5.03. The molecule has 2 nitrogen and oxygen atoms in total. The van der Waals surface area contributed by atoms with E-state index in [0.717, 1.165) is 24.9 Å². The Bertz CT molecular complexity index is 109. The number of nitrogens with one attached hydrogen (secondary N) is 1. The van der Waals surface area contributed by atoms with Crippen LogP contribution in [0.4, 0.5) is 0 Å². The van der Waals surface area contributed by atoms with Crippen molar-refractivity contribution < 1.29 is 4.74 Å². The van der Waals surface area contributed by atoms with E-state index in [1.807, 2.05) is 25.7 Å². The molecule has 0 spiro atoms. The monoisotopic (exact) mass is 205 g/mol. The Kier molecular flexibility index (Phi) is 9.03. The van der Waals surface area contributed by atoms with Crippen LogP contribution in [0.25, 0.3) is 0 Å². The van der Waals surface area contributed by atoms with Crippen molar-refractivity contribution in [2.45, 2.75) is 26.8 Å². The summed E-state index contributed by atoms with van der Waals surface area (Å²) in [7, 11) is 2.00. The lowest BCUT2D eigenvalue weighted by atomic mass is 10.3. The number of thioether (sulfide) groups is 1. The molecule has 0 aromatic heterocycles. The van der Waals surface area contributed by atoms with E-state index in [-0.39, 0.29) is 0 Å². The first-order chi connectivity index (χ1) is 6.20. The zero-order valence-corrected chi connectivity index (χ0v) is 10.1. The van der Waals surface area contributed by atoms with Crippen molar-refractivity contribution in [2.24, 2.45) is 5.92 Å². The van der Waals surface area contributed by atoms with E-state index >= 15 is 0 Å². The van der Waals surface area contributed by atoms with Gasteiger partial charge in [-0.3, -0.25) is 0 Å². The van der Waals surface area contributed by atoms with Crippen molar-refractivity contribution in [1.29, 1.82) is 0 Å². The van der Waals surface area contributed by atoms with Crippen molar-refractivity contribution >= 4 is 11.8 Å². The molecule has 3 heteroatoms. The lowest BCUT2D eigenvalue weighted by Crippen LogP contribution is -2.33. The SMILES string of the molecule is CCOCC(CSCC(C)C)NC. The maximum absolute atomic E-state index is 5.37. The summed E-state index contributed by atoms with van der Waals surface area (Å²) in [6, 6.07) is 0.503. The van der Waals surface area contributed by atoms with Gasteiger partial charge in [0.2, 0.25) is 0 Å². The summed E-state index contributed by atoms with van der Waals surface area (Å²) >= 11 is 2.00. The smallest absolute Gasteiger partial charge is 0.0627 e. The van der Waals surface area contributed by atoms with Crippen LogP contribution < -0.4 is 5.32 Å². The molecule has 0 saturated carbocycles. The van der Waals surface area contributed by atoms with Crippen LogP contribution in [-0.4, -0.2) is 37.8 Å².